The first-order valence-electron chi connectivity index (χ1n) is 6.71. The van der Waals surface area contributed by atoms with E-state index >= 15 is 0 Å². The molecule has 1 aromatic heterocycles. The predicted octanol–water partition coefficient (Wildman–Crippen LogP) is 0.764. The zero-order chi connectivity index (χ0) is 13.5. The summed E-state index contributed by atoms with van der Waals surface area (Å²) in [6.45, 7) is 7.66. The molecule has 1 fully saturated rings. The molecule has 1 saturated heterocycles. The molecule has 0 aromatic carbocycles. The lowest BCUT2D eigenvalue weighted by Crippen LogP contribution is -2.46. The molecule has 1 aliphatic heterocycles. The van der Waals surface area contributed by atoms with E-state index in [0.29, 0.717) is 5.69 Å². The molecule has 5 heteroatoms. The second-order valence-corrected chi connectivity index (χ2v) is 4.68. The van der Waals surface area contributed by atoms with Gasteiger partial charge in [-0.25, -0.2) is 4.98 Å². The summed E-state index contributed by atoms with van der Waals surface area (Å²) in [6, 6.07) is 5.79. The number of rotatable bonds is 5. The summed E-state index contributed by atoms with van der Waals surface area (Å²) in [4.78, 5) is 6.36. The van der Waals surface area contributed by atoms with Crippen molar-refractivity contribution in [3.8, 4) is 6.07 Å². The zero-order valence-electron chi connectivity index (χ0n) is 11.3. The van der Waals surface area contributed by atoms with Crippen molar-refractivity contribution >= 4 is 0 Å². The van der Waals surface area contributed by atoms with Crippen molar-refractivity contribution < 1.29 is 4.74 Å². The quantitative estimate of drug-likeness (QED) is 0.847. The van der Waals surface area contributed by atoms with E-state index in [1.165, 1.54) is 0 Å². The van der Waals surface area contributed by atoms with E-state index in [-0.39, 0.29) is 6.10 Å². The number of morpholine rings is 1. The molecule has 2 heterocycles. The summed E-state index contributed by atoms with van der Waals surface area (Å²) < 4.78 is 5.72. The van der Waals surface area contributed by atoms with Crippen molar-refractivity contribution in [2.45, 2.75) is 19.6 Å². The van der Waals surface area contributed by atoms with Crippen molar-refractivity contribution in [1.82, 2.24) is 15.2 Å². The van der Waals surface area contributed by atoms with Crippen LogP contribution in [0.1, 0.15) is 18.2 Å². The first-order chi connectivity index (χ1) is 9.31. The van der Waals surface area contributed by atoms with Crippen LogP contribution >= 0.6 is 0 Å². The van der Waals surface area contributed by atoms with Gasteiger partial charge in [0.1, 0.15) is 11.8 Å². The van der Waals surface area contributed by atoms with E-state index in [9.17, 15) is 0 Å². The Hall–Kier alpha value is -1.48. The monoisotopic (exact) mass is 260 g/mol. The highest BCUT2D eigenvalue weighted by molar-refractivity contribution is 5.25. The van der Waals surface area contributed by atoms with Crippen molar-refractivity contribution in [2.75, 3.05) is 32.8 Å². The van der Waals surface area contributed by atoms with E-state index in [1.54, 1.807) is 6.20 Å². The first kappa shape index (κ1) is 13.9. The van der Waals surface area contributed by atoms with Gasteiger partial charge in [-0.2, -0.15) is 5.26 Å². The van der Waals surface area contributed by atoms with Crippen LogP contribution in [0.3, 0.4) is 0 Å². The van der Waals surface area contributed by atoms with Crippen molar-refractivity contribution in [3.63, 3.8) is 0 Å². The first-order valence-corrected chi connectivity index (χ1v) is 6.71. The van der Waals surface area contributed by atoms with E-state index in [1.807, 2.05) is 12.1 Å². The molecule has 0 spiro atoms. The number of hydrogen-bond donors (Lipinski definition) is 1. The highest BCUT2D eigenvalue weighted by Gasteiger charge is 2.18. The average molecular weight is 260 g/mol. The van der Waals surface area contributed by atoms with Gasteiger partial charge in [0.15, 0.2) is 0 Å². The molecule has 0 radical (unpaired) electrons. The minimum atomic E-state index is 0.256. The topological polar surface area (TPSA) is 61.2 Å². The Morgan fingerprint density at radius 3 is 3.32 bits per heavy atom. The van der Waals surface area contributed by atoms with Gasteiger partial charge in [0.05, 0.1) is 12.7 Å². The predicted molar refractivity (Wildman–Crippen MR) is 72.5 cm³/mol. The highest BCUT2D eigenvalue weighted by Crippen LogP contribution is 2.05. The number of likely N-dealkylation sites (N-methyl/N-ethyl adjacent to an activating group) is 1. The minimum Gasteiger partial charge on any atom is -0.374 e. The molecule has 1 aromatic rings. The Kier molecular flexibility index (Phi) is 5.28. The van der Waals surface area contributed by atoms with Crippen LogP contribution in [0.15, 0.2) is 18.3 Å². The largest absolute Gasteiger partial charge is 0.374 e. The van der Waals surface area contributed by atoms with Crippen molar-refractivity contribution in [3.05, 3.63) is 29.6 Å². The summed E-state index contributed by atoms with van der Waals surface area (Å²) in [5.74, 6) is 0. The number of aromatic nitrogens is 1. The molecular formula is C14H20N4O. The Morgan fingerprint density at radius 1 is 1.63 bits per heavy atom. The zero-order valence-corrected chi connectivity index (χ0v) is 11.3. The Balaban J connectivity index is 1.75. The number of nitrogens with one attached hydrogen (secondary N) is 1. The standard InChI is InChI=1S/C14H20N4O/c1-2-18-5-6-19-14(11-18)10-16-9-12-3-4-17-13(7-12)8-15/h3-4,7,14,16H,2,5-6,9-11H2,1H3. The van der Waals surface area contributed by atoms with Crippen LogP contribution in [0.2, 0.25) is 0 Å². The molecule has 0 bridgehead atoms. The Bertz CT molecular complexity index is 443. The number of hydrogen-bond acceptors (Lipinski definition) is 5. The Morgan fingerprint density at radius 2 is 2.53 bits per heavy atom. The van der Waals surface area contributed by atoms with Crippen LogP contribution in [0.25, 0.3) is 0 Å². The van der Waals surface area contributed by atoms with E-state index in [4.69, 9.17) is 10.00 Å². The van der Waals surface area contributed by atoms with Crippen LogP contribution in [-0.4, -0.2) is 48.8 Å². The fourth-order valence-corrected chi connectivity index (χ4v) is 2.21. The van der Waals surface area contributed by atoms with Crippen LogP contribution < -0.4 is 5.32 Å². The van der Waals surface area contributed by atoms with Crippen LogP contribution in [0.4, 0.5) is 0 Å². The molecule has 19 heavy (non-hydrogen) atoms. The average Bonchev–Trinajstić information content (AvgIpc) is 2.48. The lowest BCUT2D eigenvalue weighted by atomic mass is 10.2. The normalized spacial score (nSPS) is 20.1. The summed E-state index contributed by atoms with van der Waals surface area (Å²) in [6.07, 6.45) is 1.93. The summed E-state index contributed by atoms with van der Waals surface area (Å²) in [5.41, 5.74) is 1.54. The summed E-state index contributed by atoms with van der Waals surface area (Å²) in [7, 11) is 0. The van der Waals surface area contributed by atoms with Gasteiger partial charge in [-0.15, -0.1) is 0 Å². The van der Waals surface area contributed by atoms with Crippen molar-refractivity contribution in [2.24, 2.45) is 0 Å². The molecular weight excluding hydrogens is 240 g/mol. The molecule has 1 atom stereocenters. The maximum Gasteiger partial charge on any atom is 0.140 e. The SMILES string of the molecule is CCN1CCOC(CNCc2ccnc(C#N)c2)C1. The van der Waals surface area contributed by atoms with Gasteiger partial charge < -0.3 is 10.1 Å². The fraction of sp³-hybridized carbons (Fsp3) is 0.571. The number of nitrogens with zero attached hydrogens (tertiary/aromatic N) is 3. The van der Waals surface area contributed by atoms with Gasteiger partial charge in [-0.3, -0.25) is 4.90 Å². The van der Waals surface area contributed by atoms with Gasteiger partial charge >= 0.3 is 0 Å². The molecule has 102 valence electrons. The molecule has 0 amide bonds. The maximum atomic E-state index is 8.79. The maximum absolute atomic E-state index is 8.79. The van der Waals surface area contributed by atoms with Crippen LogP contribution in [0, 0.1) is 11.3 Å². The van der Waals surface area contributed by atoms with E-state index in [2.05, 4.69) is 28.2 Å². The molecule has 0 saturated carbocycles. The molecule has 1 N–H and O–H groups in total. The van der Waals surface area contributed by atoms with Gasteiger partial charge in [-0.1, -0.05) is 6.92 Å². The second kappa shape index (κ2) is 7.19. The van der Waals surface area contributed by atoms with Gasteiger partial charge in [0, 0.05) is 32.4 Å². The van der Waals surface area contributed by atoms with Gasteiger partial charge in [0.2, 0.25) is 0 Å². The second-order valence-electron chi connectivity index (χ2n) is 4.68. The van der Waals surface area contributed by atoms with Crippen molar-refractivity contribution in [1.29, 1.82) is 5.26 Å². The van der Waals surface area contributed by atoms with Gasteiger partial charge in [0.25, 0.3) is 0 Å². The minimum absolute atomic E-state index is 0.256. The molecule has 0 aliphatic carbocycles. The third kappa shape index (κ3) is 4.28. The smallest absolute Gasteiger partial charge is 0.140 e. The highest BCUT2D eigenvalue weighted by atomic mass is 16.5. The summed E-state index contributed by atoms with van der Waals surface area (Å²) in [5, 5.41) is 12.2. The van der Waals surface area contributed by atoms with Crippen LogP contribution in [0.5, 0.6) is 0 Å². The lowest BCUT2D eigenvalue weighted by Gasteiger charge is -2.32. The third-order valence-corrected chi connectivity index (χ3v) is 3.31. The van der Waals surface area contributed by atoms with E-state index in [0.717, 1.165) is 44.9 Å². The molecule has 5 nitrogen and oxygen atoms in total. The lowest BCUT2D eigenvalue weighted by molar-refractivity contribution is -0.0253. The van der Waals surface area contributed by atoms with Crippen LogP contribution in [-0.2, 0) is 11.3 Å². The summed E-state index contributed by atoms with van der Waals surface area (Å²) >= 11 is 0. The van der Waals surface area contributed by atoms with Gasteiger partial charge in [-0.05, 0) is 24.2 Å². The molecule has 1 aliphatic rings. The third-order valence-electron chi connectivity index (χ3n) is 3.31. The van der Waals surface area contributed by atoms with E-state index < -0.39 is 0 Å². The molecule has 2 rings (SSSR count). The number of ether oxygens (including phenoxy) is 1. The fourth-order valence-electron chi connectivity index (χ4n) is 2.21. The molecule has 1 unspecified atom stereocenters. The number of pyridine rings is 1. The Labute approximate surface area is 114 Å². The number of nitriles is 1.